The van der Waals surface area contributed by atoms with Crippen LogP contribution >= 0.6 is 0 Å². The Hall–Kier alpha value is -1.67. The summed E-state index contributed by atoms with van der Waals surface area (Å²) in [4.78, 5) is 10.8. The Labute approximate surface area is 101 Å². The van der Waals surface area contributed by atoms with Crippen molar-refractivity contribution in [3.8, 4) is 6.07 Å². The van der Waals surface area contributed by atoms with Gasteiger partial charge in [0.1, 0.15) is 6.54 Å². The van der Waals surface area contributed by atoms with E-state index in [1.165, 1.54) is 24.9 Å². The van der Waals surface area contributed by atoms with Crippen LogP contribution in [0.15, 0.2) is 12.4 Å². The highest BCUT2D eigenvalue weighted by molar-refractivity contribution is 5.27. The third-order valence-corrected chi connectivity index (χ3v) is 3.09. The van der Waals surface area contributed by atoms with Crippen LogP contribution in [0.3, 0.4) is 0 Å². The van der Waals surface area contributed by atoms with Crippen molar-refractivity contribution >= 4 is 5.95 Å². The normalized spacial score (nSPS) is 20.8. The Kier molecular flexibility index (Phi) is 3.89. The summed E-state index contributed by atoms with van der Waals surface area (Å²) in [6.07, 6.45) is 6.18. The van der Waals surface area contributed by atoms with Crippen LogP contribution in [0, 0.1) is 11.3 Å². The molecule has 0 aliphatic carbocycles. The van der Waals surface area contributed by atoms with Crippen LogP contribution < -0.4 is 5.32 Å². The van der Waals surface area contributed by atoms with E-state index >= 15 is 0 Å². The molecule has 0 amide bonds. The number of aromatic nitrogens is 2. The zero-order valence-electron chi connectivity index (χ0n) is 10.1. The van der Waals surface area contributed by atoms with Crippen LogP contribution in [0.2, 0.25) is 0 Å². The van der Waals surface area contributed by atoms with Gasteiger partial charge < -0.3 is 10.2 Å². The van der Waals surface area contributed by atoms with Crippen molar-refractivity contribution in [3.05, 3.63) is 18.0 Å². The third-order valence-electron chi connectivity index (χ3n) is 3.09. The second kappa shape index (κ2) is 5.60. The van der Waals surface area contributed by atoms with Crippen molar-refractivity contribution in [1.82, 2.24) is 14.9 Å². The molecule has 1 fully saturated rings. The van der Waals surface area contributed by atoms with Crippen LogP contribution in [0.25, 0.3) is 0 Å². The van der Waals surface area contributed by atoms with Crippen molar-refractivity contribution in [3.63, 3.8) is 0 Å². The number of hydrogen-bond donors (Lipinski definition) is 1. The molecule has 5 nitrogen and oxygen atoms in total. The molecule has 0 aromatic carbocycles. The summed E-state index contributed by atoms with van der Waals surface area (Å²) in [5, 5.41) is 11.3. The first kappa shape index (κ1) is 11.8. The maximum Gasteiger partial charge on any atom is 0.223 e. The molecule has 1 aliphatic heterocycles. The monoisotopic (exact) mass is 231 g/mol. The van der Waals surface area contributed by atoms with E-state index in [4.69, 9.17) is 5.26 Å². The molecule has 0 saturated carbocycles. The predicted molar refractivity (Wildman–Crippen MR) is 65.6 cm³/mol. The highest BCUT2D eigenvalue weighted by Crippen LogP contribution is 2.25. The van der Waals surface area contributed by atoms with Crippen molar-refractivity contribution < 1.29 is 0 Å². The Balaban J connectivity index is 1.99. The molecular formula is C12H17N5. The molecule has 1 aliphatic rings. The lowest BCUT2D eigenvalue weighted by atomic mass is 9.93. The Morgan fingerprint density at radius 3 is 2.94 bits per heavy atom. The fourth-order valence-electron chi connectivity index (χ4n) is 2.20. The zero-order valence-corrected chi connectivity index (χ0v) is 10.1. The summed E-state index contributed by atoms with van der Waals surface area (Å²) in [7, 11) is 2.15. The van der Waals surface area contributed by atoms with Crippen LogP contribution in [-0.2, 0) is 0 Å². The molecule has 2 rings (SSSR count). The smallest absolute Gasteiger partial charge is 0.223 e. The largest absolute Gasteiger partial charge is 0.341 e. The summed E-state index contributed by atoms with van der Waals surface area (Å²) in [5.74, 6) is 1.07. The first-order chi connectivity index (χ1) is 8.29. The first-order valence-corrected chi connectivity index (χ1v) is 5.91. The highest BCUT2D eigenvalue weighted by Gasteiger charge is 2.19. The predicted octanol–water partition coefficient (Wildman–Crippen LogP) is 1.22. The summed E-state index contributed by atoms with van der Waals surface area (Å²) in [6.45, 7) is 2.50. The van der Waals surface area contributed by atoms with E-state index in [1.807, 2.05) is 18.5 Å². The molecule has 0 spiro atoms. The number of anilines is 1. The van der Waals surface area contributed by atoms with E-state index in [2.05, 4.69) is 27.2 Å². The van der Waals surface area contributed by atoms with E-state index in [9.17, 15) is 0 Å². The Morgan fingerprint density at radius 2 is 2.29 bits per heavy atom. The highest BCUT2D eigenvalue weighted by atomic mass is 15.1. The topological polar surface area (TPSA) is 64.8 Å². The Morgan fingerprint density at radius 1 is 1.53 bits per heavy atom. The molecule has 17 heavy (non-hydrogen) atoms. The second-order valence-corrected chi connectivity index (χ2v) is 4.45. The van der Waals surface area contributed by atoms with Crippen molar-refractivity contribution in [1.29, 1.82) is 5.26 Å². The lowest BCUT2D eigenvalue weighted by Gasteiger charge is -2.29. The van der Waals surface area contributed by atoms with Crippen molar-refractivity contribution in [2.24, 2.45) is 0 Å². The van der Waals surface area contributed by atoms with E-state index in [0.29, 0.717) is 11.9 Å². The van der Waals surface area contributed by atoms with Gasteiger partial charge in [0, 0.05) is 18.9 Å². The van der Waals surface area contributed by atoms with E-state index in [0.717, 1.165) is 6.54 Å². The van der Waals surface area contributed by atoms with E-state index in [1.54, 1.807) is 0 Å². The maximum absolute atomic E-state index is 8.44. The fourth-order valence-corrected chi connectivity index (χ4v) is 2.20. The molecule has 1 N–H and O–H groups in total. The molecule has 0 bridgehead atoms. The van der Waals surface area contributed by atoms with Crippen LogP contribution in [0.5, 0.6) is 0 Å². The first-order valence-electron chi connectivity index (χ1n) is 5.91. The molecule has 1 unspecified atom stereocenters. The summed E-state index contributed by atoms with van der Waals surface area (Å²) in [6, 6.07) is 2.00. The Bertz CT molecular complexity index is 394. The maximum atomic E-state index is 8.44. The van der Waals surface area contributed by atoms with Crippen LogP contribution in [-0.4, -0.2) is 41.5 Å². The van der Waals surface area contributed by atoms with Gasteiger partial charge in [-0.3, -0.25) is 0 Å². The van der Waals surface area contributed by atoms with Crippen LogP contribution in [0.4, 0.5) is 5.95 Å². The number of likely N-dealkylation sites (tertiary alicyclic amines) is 1. The third kappa shape index (κ3) is 3.14. The number of piperidine rings is 1. The number of nitriles is 1. The zero-order chi connectivity index (χ0) is 12.1. The number of hydrogen-bond acceptors (Lipinski definition) is 5. The van der Waals surface area contributed by atoms with E-state index < -0.39 is 0 Å². The van der Waals surface area contributed by atoms with Gasteiger partial charge in [-0.25, -0.2) is 9.97 Å². The minimum Gasteiger partial charge on any atom is -0.341 e. The number of likely N-dealkylation sites (N-methyl/N-ethyl adjacent to an activating group) is 1. The molecule has 1 aromatic rings. The van der Waals surface area contributed by atoms with Gasteiger partial charge in [-0.15, -0.1) is 0 Å². The number of nitrogens with one attached hydrogen (secondary N) is 1. The minimum absolute atomic E-state index is 0.242. The number of nitrogens with zero attached hydrogens (tertiary/aromatic N) is 4. The fraction of sp³-hybridized carbons (Fsp3) is 0.583. The second-order valence-electron chi connectivity index (χ2n) is 4.45. The molecule has 5 heteroatoms. The molecule has 1 aromatic heterocycles. The van der Waals surface area contributed by atoms with Gasteiger partial charge in [-0.1, -0.05) is 0 Å². The van der Waals surface area contributed by atoms with Gasteiger partial charge >= 0.3 is 0 Å². The van der Waals surface area contributed by atoms with Gasteiger partial charge in [-0.2, -0.15) is 5.26 Å². The minimum atomic E-state index is 0.242. The molecule has 1 atom stereocenters. The van der Waals surface area contributed by atoms with Gasteiger partial charge in [-0.05, 0) is 37.9 Å². The van der Waals surface area contributed by atoms with Crippen molar-refractivity contribution in [2.45, 2.75) is 18.8 Å². The molecular weight excluding hydrogens is 214 g/mol. The average molecular weight is 231 g/mol. The standard InChI is InChI=1S/C12H17N5/c1-17-6-2-3-10(9-17)11-7-15-12(16-8-11)14-5-4-13/h7-8,10H,2-3,5-6,9H2,1H3,(H,14,15,16). The SMILES string of the molecule is CN1CCCC(c2cnc(NCC#N)nc2)C1. The summed E-state index contributed by atoms with van der Waals surface area (Å²) < 4.78 is 0. The van der Waals surface area contributed by atoms with Gasteiger partial charge in [0.15, 0.2) is 0 Å². The van der Waals surface area contributed by atoms with Crippen LogP contribution in [0.1, 0.15) is 24.3 Å². The molecule has 0 radical (unpaired) electrons. The van der Waals surface area contributed by atoms with Crippen molar-refractivity contribution in [2.75, 3.05) is 32.0 Å². The summed E-state index contributed by atoms with van der Waals surface area (Å²) in [5.41, 5.74) is 1.19. The van der Waals surface area contributed by atoms with Gasteiger partial charge in [0.2, 0.25) is 5.95 Å². The molecule has 1 saturated heterocycles. The molecule has 90 valence electrons. The quantitative estimate of drug-likeness (QED) is 0.792. The lowest BCUT2D eigenvalue weighted by molar-refractivity contribution is 0.250. The van der Waals surface area contributed by atoms with E-state index in [-0.39, 0.29) is 6.54 Å². The average Bonchev–Trinajstić information content (AvgIpc) is 2.37. The lowest BCUT2D eigenvalue weighted by Crippen LogP contribution is -2.30. The number of rotatable bonds is 3. The van der Waals surface area contributed by atoms with Gasteiger partial charge in [0.25, 0.3) is 0 Å². The van der Waals surface area contributed by atoms with Gasteiger partial charge in [0.05, 0.1) is 6.07 Å². The summed E-state index contributed by atoms with van der Waals surface area (Å²) >= 11 is 0. The molecule has 2 heterocycles.